The lowest BCUT2D eigenvalue weighted by atomic mass is 10.2. The highest BCUT2D eigenvalue weighted by Gasteiger charge is 2.06. The summed E-state index contributed by atoms with van der Waals surface area (Å²) in [4.78, 5) is 9.00. The van der Waals surface area contributed by atoms with Gasteiger partial charge in [0.15, 0.2) is 0 Å². The summed E-state index contributed by atoms with van der Waals surface area (Å²) in [7, 11) is 0. The van der Waals surface area contributed by atoms with E-state index in [1.165, 1.54) is 0 Å². The molecule has 0 bridgehead atoms. The maximum absolute atomic E-state index is 9.00. The first-order valence-electron chi connectivity index (χ1n) is 10.4. The summed E-state index contributed by atoms with van der Waals surface area (Å²) in [6.45, 7) is 1.52. The zero-order valence-corrected chi connectivity index (χ0v) is 19.9. The first-order chi connectivity index (χ1) is 16.4. The Balaban J connectivity index is 0.000000751. The molecule has 2 N–H and O–H groups in total. The van der Waals surface area contributed by atoms with Crippen molar-refractivity contribution in [1.29, 1.82) is 0 Å². The van der Waals surface area contributed by atoms with Crippen LogP contribution < -0.4 is 14.8 Å². The van der Waals surface area contributed by atoms with Gasteiger partial charge in [-0.05, 0) is 66.2 Å². The third kappa shape index (κ3) is 8.03. The minimum Gasteiger partial charge on any atom is -0.489 e. The molecule has 0 saturated carbocycles. The van der Waals surface area contributed by atoms with E-state index < -0.39 is 5.97 Å². The lowest BCUT2D eigenvalue weighted by molar-refractivity contribution is -0.134. The van der Waals surface area contributed by atoms with Crippen molar-refractivity contribution in [3.63, 3.8) is 0 Å². The minimum atomic E-state index is -0.833. The number of hydrogen-bond donors (Lipinski definition) is 2. The number of benzene rings is 4. The molecule has 0 heterocycles. The molecule has 0 aliphatic carbocycles. The molecule has 4 aromatic rings. The van der Waals surface area contributed by atoms with Crippen LogP contribution in [0.3, 0.4) is 0 Å². The van der Waals surface area contributed by atoms with E-state index in [4.69, 9.17) is 42.6 Å². The highest BCUT2D eigenvalue weighted by atomic mass is 35.5. The number of halogens is 2. The van der Waals surface area contributed by atoms with E-state index in [1.54, 1.807) is 12.1 Å². The first kappa shape index (κ1) is 25.0. The van der Waals surface area contributed by atoms with Crippen molar-refractivity contribution in [2.45, 2.75) is 13.5 Å². The van der Waals surface area contributed by atoms with E-state index in [0.29, 0.717) is 22.3 Å². The van der Waals surface area contributed by atoms with Crippen molar-refractivity contribution in [1.82, 2.24) is 0 Å². The van der Waals surface area contributed by atoms with E-state index in [-0.39, 0.29) is 0 Å². The summed E-state index contributed by atoms with van der Waals surface area (Å²) in [6.07, 6.45) is 0. The smallest absolute Gasteiger partial charge is 0.300 e. The molecule has 0 unspecified atom stereocenters. The Morgan fingerprint density at radius 3 is 2.03 bits per heavy atom. The van der Waals surface area contributed by atoms with E-state index in [0.717, 1.165) is 35.4 Å². The summed E-state index contributed by atoms with van der Waals surface area (Å²) < 4.78 is 11.8. The minimum absolute atomic E-state index is 0.440. The van der Waals surface area contributed by atoms with Crippen LogP contribution in [0.25, 0.3) is 0 Å². The van der Waals surface area contributed by atoms with Gasteiger partial charge < -0.3 is 19.9 Å². The van der Waals surface area contributed by atoms with Crippen LogP contribution in [0.5, 0.6) is 17.2 Å². The van der Waals surface area contributed by atoms with E-state index in [1.807, 2.05) is 84.9 Å². The Kier molecular flexibility index (Phi) is 9.21. The quantitative estimate of drug-likeness (QED) is 0.270. The van der Waals surface area contributed by atoms with Crippen LogP contribution >= 0.6 is 23.2 Å². The maximum atomic E-state index is 9.00. The largest absolute Gasteiger partial charge is 0.489 e. The molecular weight excluding hydrogens is 473 g/mol. The van der Waals surface area contributed by atoms with Gasteiger partial charge >= 0.3 is 0 Å². The highest BCUT2D eigenvalue weighted by molar-refractivity contribution is 6.39. The second-order valence-corrected chi connectivity index (χ2v) is 7.93. The second kappa shape index (κ2) is 12.5. The average Bonchev–Trinajstić information content (AvgIpc) is 2.82. The monoisotopic (exact) mass is 495 g/mol. The normalized spacial score (nSPS) is 9.97. The maximum Gasteiger partial charge on any atom is 0.300 e. The number of carbonyl (C=O) groups is 1. The van der Waals surface area contributed by atoms with Gasteiger partial charge in [0.1, 0.15) is 23.9 Å². The van der Waals surface area contributed by atoms with Crippen molar-refractivity contribution < 1.29 is 19.4 Å². The van der Waals surface area contributed by atoms with E-state index >= 15 is 0 Å². The van der Waals surface area contributed by atoms with Crippen LogP contribution in [0.1, 0.15) is 12.5 Å². The number of ether oxygens (including phenoxy) is 2. The summed E-state index contributed by atoms with van der Waals surface area (Å²) in [5, 5.41) is 11.8. The SMILES string of the molecule is CC(=O)O.Clc1cccc(Cl)c1Nc1ccc(OCc2cccc(Oc3ccccc3)c2)cc1. The van der Waals surface area contributed by atoms with Gasteiger partial charge in [-0.1, -0.05) is 59.6 Å². The molecule has 7 heteroatoms. The highest BCUT2D eigenvalue weighted by Crippen LogP contribution is 2.33. The molecule has 5 nitrogen and oxygen atoms in total. The number of carboxylic acid groups (broad SMARTS) is 1. The molecule has 34 heavy (non-hydrogen) atoms. The Morgan fingerprint density at radius 2 is 1.38 bits per heavy atom. The molecular formula is C27H23Cl2NO4. The zero-order valence-electron chi connectivity index (χ0n) is 18.4. The number of anilines is 2. The van der Waals surface area contributed by atoms with Gasteiger partial charge in [-0.3, -0.25) is 4.79 Å². The first-order valence-corrected chi connectivity index (χ1v) is 11.1. The molecule has 0 aliphatic rings. The van der Waals surface area contributed by atoms with Crippen LogP contribution in [0.4, 0.5) is 11.4 Å². The van der Waals surface area contributed by atoms with Crippen molar-refractivity contribution in [3.05, 3.63) is 113 Å². The Morgan fingerprint density at radius 1 is 0.794 bits per heavy atom. The molecule has 0 spiro atoms. The van der Waals surface area contributed by atoms with Crippen molar-refractivity contribution in [3.8, 4) is 17.2 Å². The molecule has 0 saturated heterocycles. The van der Waals surface area contributed by atoms with E-state index in [2.05, 4.69) is 5.32 Å². The molecule has 4 rings (SSSR count). The average molecular weight is 496 g/mol. The van der Waals surface area contributed by atoms with Crippen LogP contribution in [0.15, 0.2) is 97.1 Å². The molecule has 0 aromatic heterocycles. The lowest BCUT2D eigenvalue weighted by Gasteiger charge is -2.12. The van der Waals surface area contributed by atoms with Crippen molar-refractivity contribution in [2.24, 2.45) is 0 Å². The summed E-state index contributed by atoms with van der Waals surface area (Å²) in [6, 6.07) is 30.6. The Labute approximate surface area is 208 Å². The number of aliphatic carboxylic acids is 1. The van der Waals surface area contributed by atoms with Gasteiger partial charge in [0.05, 0.1) is 15.7 Å². The topological polar surface area (TPSA) is 67.8 Å². The lowest BCUT2D eigenvalue weighted by Crippen LogP contribution is -1.97. The van der Waals surface area contributed by atoms with Gasteiger partial charge in [0.25, 0.3) is 5.97 Å². The Bertz CT molecular complexity index is 1190. The fourth-order valence-corrected chi connectivity index (χ4v) is 3.38. The number of nitrogens with one attached hydrogen (secondary N) is 1. The van der Waals surface area contributed by atoms with Crippen LogP contribution in [-0.2, 0) is 11.4 Å². The predicted octanol–water partition coefficient (Wildman–Crippen LogP) is 8.20. The number of carboxylic acids is 1. The molecule has 4 aromatic carbocycles. The molecule has 174 valence electrons. The van der Waals surface area contributed by atoms with Gasteiger partial charge in [-0.15, -0.1) is 0 Å². The third-order valence-electron chi connectivity index (χ3n) is 4.37. The van der Waals surface area contributed by atoms with Gasteiger partial charge in [0.2, 0.25) is 0 Å². The third-order valence-corrected chi connectivity index (χ3v) is 5.00. The number of rotatable bonds is 7. The molecule has 0 fully saturated rings. The summed E-state index contributed by atoms with van der Waals surface area (Å²) >= 11 is 12.4. The fraction of sp³-hybridized carbons (Fsp3) is 0.0741. The number of hydrogen-bond acceptors (Lipinski definition) is 4. The zero-order chi connectivity index (χ0) is 24.3. The van der Waals surface area contributed by atoms with Crippen LogP contribution in [0.2, 0.25) is 10.0 Å². The van der Waals surface area contributed by atoms with Crippen molar-refractivity contribution >= 4 is 40.5 Å². The molecule has 0 radical (unpaired) electrons. The summed E-state index contributed by atoms with van der Waals surface area (Å²) in [5.74, 6) is 1.51. The Hall–Kier alpha value is -3.67. The van der Waals surface area contributed by atoms with Crippen LogP contribution in [-0.4, -0.2) is 11.1 Å². The van der Waals surface area contributed by atoms with Gasteiger partial charge in [0, 0.05) is 12.6 Å². The van der Waals surface area contributed by atoms with Gasteiger partial charge in [-0.25, -0.2) is 0 Å². The second-order valence-electron chi connectivity index (χ2n) is 7.12. The fourth-order valence-electron chi connectivity index (χ4n) is 2.89. The molecule has 0 aliphatic heterocycles. The predicted molar refractivity (Wildman–Crippen MR) is 137 cm³/mol. The van der Waals surface area contributed by atoms with E-state index in [9.17, 15) is 0 Å². The summed E-state index contributed by atoms with van der Waals surface area (Å²) in [5.41, 5.74) is 2.58. The van der Waals surface area contributed by atoms with Gasteiger partial charge in [-0.2, -0.15) is 0 Å². The van der Waals surface area contributed by atoms with Crippen LogP contribution in [0, 0.1) is 0 Å². The molecule has 0 atom stereocenters. The molecule has 0 amide bonds. The standard InChI is InChI=1S/C25H19Cl2NO2.C2H4O2/c26-23-10-5-11-24(27)25(23)28-19-12-14-20(15-13-19)29-17-18-6-4-9-22(16-18)30-21-7-2-1-3-8-21;1-2(3)4/h1-16,28H,17H2;1H3,(H,3,4). The number of para-hydroxylation sites is 2. The van der Waals surface area contributed by atoms with Crippen molar-refractivity contribution in [2.75, 3.05) is 5.32 Å².